The molecule has 1 unspecified atom stereocenters. The Labute approximate surface area is 227 Å². The fourth-order valence-electron chi connectivity index (χ4n) is 3.03. The van der Waals surface area contributed by atoms with Gasteiger partial charge in [0.1, 0.15) is 0 Å². The highest BCUT2D eigenvalue weighted by Crippen LogP contribution is 2.39. The van der Waals surface area contributed by atoms with Crippen molar-refractivity contribution in [3.63, 3.8) is 0 Å². The molecule has 2 rings (SSSR count). The smallest absolute Gasteiger partial charge is 0.330 e. The molecule has 0 aromatic rings. The first-order valence-corrected chi connectivity index (χ1v) is 13.3. The Morgan fingerprint density at radius 2 is 1.25 bits per heavy atom. The summed E-state index contributed by atoms with van der Waals surface area (Å²) in [6.45, 7) is 7.01. The highest BCUT2D eigenvalue weighted by Gasteiger charge is 2.37. The Hall–Kier alpha value is -4.25. The number of hydrogen-bond donors (Lipinski definition) is 4. The molecule has 0 radical (unpaired) electrons. The number of imide groups is 2. The normalized spacial score (nSPS) is 16.6. The molecule has 19 heteroatoms. The second kappa shape index (κ2) is 14.2. The maximum absolute atomic E-state index is 13.9. The van der Waals surface area contributed by atoms with Gasteiger partial charge in [0.15, 0.2) is 0 Å². The molecular formula is C21H28N7O11P. The fourth-order valence-corrected chi connectivity index (χ4v) is 4.65. The lowest BCUT2D eigenvalue weighted by atomic mass is 10.3. The minimum Gasteiger partial charge on any atom is -0.330 e. The zero-order valence-corrected chi connectivity index (χ0v) is 22.3. The van der Waals surface area contributed by atoms with Crippen LogP contribution in [-0.2, 0) is 52.6 Å². The SMILES string of the molecule is C=CC(=O)NNP(=O)(NNC(=O)C(=C)C)N(CCC(=O)ON1C(=O)CCC1=O)CCC(=O)ON1C(=O)CCC1=O. The topological polar surface area (TPSA) is 230 Å². The van der Waals surface area contributed by atoms with Crippen molar-refractivity contribution >= 4 is 55.0 Å². The predicted octanol–water partition coefficient (Wildman–Crippen LogP) is -1.61. The first-order chi connectivity index (χ1) is 18.8. The maximum Gasteiger partial charge on any atom is 0.334 e. The average Bonchev–Trinajstić information content (AvgIpc) is 3.40. The van der Waals surface area contributed by atoms with Crippen LogP contribution in [0.4, 0.5) is 0 Å². The zero-order chi connectivity index (χ0) is 30.0. The fraction of sp³-hybridized carbons (Fsp3) is 0.429. The third-order valence-corrected chi connectivity index (χ3v) is 7.20. The van der Waals surface area contributed by atoms with Crippen LogP contribution in [0.2, 0.25) is 0 Å². The van der Waals surface area contributed by atoms with Crippen LogP contribution >= 0.6 is 7.59 Å². The van der Waals surface area contributed by atoms with Crippen LogP contribution in [0.1, 0.15) is 45.4 Å². The Balaban J connectivity index is 2.21. The molecule has 0 saturated carbocycles. The molecule has 0 spiro atoms. The molecule has 0 aromatic heterocycles. The van der Waals surface area contributed by atoms with Gasteiger partial charge in [0.05, 0.1) is 12.8 Å². The van der Waals surface area contributed by atoms with Gasteiger partial charge in [-0.05, 0) is 13.0 Å². The highest BCUT2D eigenvalue weighted by molar-refractivity contribution is 7.57. The number of amides is 6. The van der Waals surface area contributed by atoms with Crippen molar-refractivity contribution < 1.29 is 52.6 Å². The summed E-state index contributed by atoms with van der Waals surface area (Å²) >= 11 is 0. The maximum atomic E-state index is 13.9. The third kappa shape index (κ3) is 8.91. The van der Waals surface area contributed by atoms with Gasteiger partial charge < -0.3 is 9.68 Å². The molecule has 218 valence electrons. The summed E-state index contributed by atoms with van der Waals surface area (Å²) in [5.74, 6) is -6.73. The summed E-state index contributed by atoms with van der Waals surface area (Å²) in [5.41, 5.74) is 4.15. The van der Waals surface area contributed by atoms with E-state index in [1.54, 1.807) is 0 Å². The number of carbonyl (C=O) groups excluding carboxylic acids is 8. The van der Waals surface area contributed by atoms with E-state index in [-0.39, 0.29) is 31.3 Å². The molecule has 6 amide bonds. The third-order valence-electron chi connectivity index (χ3n) is 5.17. The summed E-state index contributed by atoms with van der Waals surface area (Å²) < 4.78 is 14.8. The second-order valence-electron chi connectivity index (χ2n) is 8.27. The van der Waals surface area contributed by atoms with Gasteiger partial charge >= 0.3 is 19.5 Å². The van der Waals surface area contributed by atoms with Gasteiger partial charge in [-0.2, -0.15) is 10.4 Å². The molecule has 0 aliphatic carbocycles. The van der Waals surface area contributed by atoms with Crippen molar-refractivity contribution in [2.24, 2.45) is 0 Å². The first kappa shape index (κ1) is 32.0. The predicted molar refractivity (Wildman–Crippen MR) is 130 cm³/mol. The van der Waals surface area contributed by atoms with Gasteiger partial charge in [-0.3, -0.25) is 44.2 Å². The number of carbonyl (C=O) groups is 8. The Bertz CT molecular complexity index is 1100. The molecule has 2 aliphatic rings. The number of hydrazine groups is 2. The Morgan fingerprint density at radius 3 is 1.62 bits per heavy atom. The van der Waals surface area contributed by atoms with Crippen molar-refractivity contribution in [1.29, 1.82) is 0 Å². The van der Waals surface area contributed by atoms with Crippen molar-refractivity contribution in [3.8, 4) is 0 Å². The average molecular weight is 585 g/mol. The molecule has 2 fully saturated rings. The summed E-state index contributed by atoms with van der Waals surface area (Å²) in [7, 11) is -4.35. The molecule has 0 bridgehead atoms. The van der Waals surface area contributed by atoms with Crippen LogP contribution in [0.15, 0.2) is 24.8 Å². The quantitative estimate of drug-likeness (QED) is 0.0734. The lowest BCUT2D eigenvalue weighted by Gasteiger charge is -2.32. The van der Waals surface area contributed by atoms with E-state index in [9.17, 15) is 42.9 Å². The van der Waals surface area contributed by atoms with Crippen LogP contribution in [0.3, 0.4) is 0 Å². The van der Waals surface area contributed by atoms with Crippen molar-refractivity contribution in [2.75, 3.05) is 13.1 Å². The summed E-state index contributed by atoms with van der Waals surface area (Å²) in [4.78, 5) is 105. The lowest BCUT2D eigenvalue weighted by Crippen LogP contribution is -2.50. The van der Waals surface area contributed by atoms with Gasteiger partial charge in [0, 0.05) is 44.3 Å². The minimum absolute atomic E-state index is 0.00720. The van der Waals surface area contributed by atoms with Crippen molar-refractivity contribution in [2.45, 2.75) is 45.4 Å². The number of hydroxylamine groups is 4. The summed E-state index contributed by atoms with van der Waals surface area (Å²) in [6.07, 6.45) is -0.947. The lowest BCUT2D eigenvalue weighted by molar-refractivity contribution is -0.198. The van der Waals surface area contributed by atoms with Gasteiger partial charge in [-0.1, -0.05) is 13.2 Å². The van der Waals surface area contributed by atoms with Crippen LogP contribution in [-0.4, -0.2) is 75.3 Å². The van der Waals surface area contributed by atoms with Gasteiger partial charge in [0.25, 0.3) is 35.4 Å². The van der Waals surface area contributed by atoms with E-state index in [0.717, 1.165) is 10.7 Å². The first-order valence-electron chi connectivity index (χ1n) is 11.7. The molecule has 1 atom stereocenters. The molecule has 0 aromatic carbocycles. The number of nitrogens with one attached hydrogen (secondary N) is 4. The van der Waals surface area contributed by atoms with E-state index in [1.165, 1.54) is 6.92 Å². The molecule has 2 aliphatic heterocycles. The molecular weight excluding hydrogens is 557 g/mol. The van der Waals surface area contributed by atoms with Crippen LogP contribution in [0, 0.1) is 0 Å². The number of nitrogens with zero attached hydrogens (tertiary/aromatic N) is 3. The second-order valence-corrected chi connectivity index (χ2v) is 10.4. The standard InChI is InChI=1S/C21H28N7O11P/c1-4-14(29)22-24-40(37,25-23-21(36)13(2)3)26(11-9-19(34)38-27-15(30)5-6-16(27)31)12-10-20(35)39-28-17(32)7-8-18(28)33/h4H,1-2,5-12H2,3H3,(H,22,29)(H,23,36)(H2,24,25,37). The monoisotopic (exact) mass is 585 g/mol. The summed E-state index contributed by atoms with van der Waals surface area (Å²) in [6, 6.07) is 0. The van der Waals surface area contributed by atoms with Crippen LogP contribution < -0.4 is 21.2 Å². The largest absolute Gasteiger partial charge is 0.334 e. The number of hydrogen-bond acceptors (Lipinski definition) is 11. The van der Waals surface area contributed by atoms with E-state index >= 15 is 0 Å². The van der Waals surface area contributed by atoms with E-state index in [4.69, 9.17) is 9.68 Å². The number of rotatable bonds is 15. The van der Waals surface area contributed by atoms with E-state index in [1.807, 2.05) is 5.43 Å². The van der Waals surface area contributed by atoms with Crippen LogP contribution in [0.25, 0.3) is 0 Å². The molecule has 4 N–H and O–H groups in total. The van der Waals surface area contributed by atoms with E-state index in [2.05, 4.69) is 29.0 Å². The molecule has 18 nitrogen and oxygen atoms in total. The van der Waals surface area contributed by atoms with E-state index < -0.39 is 80.9 Å². The highest BCUT2D eigenvalue weighted by atomic mass is 31.2. The van der Waals surface area contributed by atoms with Crippen LogP contribution in [0.5, 0.6) is 0 Å². The van der Waals surface area contributed by atoms with Crippen molar-refractivity contribution in [3.05, 3.63) is 24.8 Å². The minimum atomic E-state index is -4.35. The van der Waals surface area contributed by atoms with Crippen molar-refractivity contribution in [1.82, 2.24) is 36.0 Å². The van der Waals surface area contributed by atoms with Gasteiger partial charge in [0.2, 0.25) is 0 Å². The van der Waals surface area contributed by atoms with Gasteiger partial charge in [-0.15, -0.1) is 10.1 Å². The Morgan fingerprint density at radius 1 is 0.850 bits per heavy atom. The molecule has 40 heavy (non-hydrogen) atoms. The molecule has 2 saturated heterocycles. The molecule has 2 heterocycles. The van der Waals surface area contributed by atoms with Gasteiger partial charge in [-0.25, -0.2) is 14.3 Å². The zero-order valence-electron chi connectivity index (χ0n) is 21.4. The Kier molecular flexibility index (Phi) is 11.4. The summed E-state index contributed by atoms with van der Waals surface area (Å²) in [5, 5.41) is 4.99. The van der Waals surface area contributed by atoms with E-state index in [0.29, 0.717) is 10.1 Å².